The molecule has 64 valence electrons. The van der Waals surface area contributed by atoms with E-state index in [4.69, 9.17) is 0 Å². The molecule has 0 aliphatic rings. The fraction of sp³-hybridized carbons (Fsp3) is 0.667. The van der Waals surface area contributed by atoms with Crippen LogP contribution in [0.1, 0.15) is 33.6 Å². The Hall–Kier alpha value is -0.630. The van der Waals surface area contributed by atoms with Crippen molar-refractivity contribution in [1.82, 2.24) is 0 Å². The summed E-state index contributed by atoms with van der Waals surface area (Å²) >= 11 is 0. The van der Waals surface area contributed by atoms with Crippen molar-refractivity contribution in [3.8, 4) is 0 Å². The summed E-state index contributed by atoms with van der Waals surface area (Å²) in [5, 5.41) is 9.24. The maximum Gasteiger partial charge on any atom is 0.151 e. The van der Waals surface area contributed by atoms with Crippen molar-refractivity contribution >= 4 is 6.29 Å². The van der Waals surface area contributed by atoms with Crippen LogP contribution in [-0.2, 0) is 4.79 Å². The summed E-state index contributed by atoms with van der Waals surface area (Å²) in [4.78, 5) is 10.2. The van der Waals surface area contributed by atoms with Crippen molar-refractivity contribution < 1.29 is 9.90 Å². The molecule has 1 atom stereocenters. The Kier molecular flexibility index (Phi) is 4.04. The Bertz CT molecular complexity index is 153. The zero-order valence-electron chi connectivity index (χ0n) is 7.42. The van der Waals surface area contributed by atoms with Crippen LogP contribution >= 0.6 is 0 Å². The minimum absolute atomic E-state index is 0.502. The van der Waals surface area contributed by atoms with E-state index < -0.39 is 5.60 Å². The lowest BCUT2D eigenvalue weighted by molar-refractivity contribution is -0.122. The lowest BCUT2D eigenvalue weighted by Gasteiger charge is -2.13. The first-order valence-electron chi connectivity index (χ1n) is 3.80. The van der Waals surface area contributed by atoms with Crippen LogP contribution in [0.25, 0.3) is 0 Å². The third kappa shape index (κ3) is 5.80. The van der Waals surface area contributed by atoms with E-state index in [0.717, 1.165) is 6.42 Å². The van der Waals surface area contributed by atoms with Gasteiger partial charge in [0.15, 0.2) is 6.29 Å². The maximum atomic E-state index is 10.2. The standard InChI is InChI=1S/C9H16O2/c1-8(2)5-4-6-9(3,11)7-10/h5,7,11H,4,6H2,1-3H3. The van der Waals surface area contributed by atoms with Crippen molar-refractivity contribution in [1.29, 1.82) is 0 Å². The van der Waals surface area contributed by atoms with Crippen LogP contribution in [0, 0.1) is 0 Å². The summed E-state index contributed by atoms with van der Waals surface area (Å²) in [7, 11) is 0. The average Bonchev–Trinajstić information content (AvgIpc) is 1.87. The summed E-state index contributed by atoms with van der Waals surface area (Å²) in [6.07, 6.45) is 3.86. The van der Waals surface area contributed by atoms with E-state index in [9.17, 15) is 9.90 Å². The van der Waals surface area contributed by atoms with Gasteiger partial charge in [0.25, 0.3) is 0 Å². The molecule has 0 heterocycles. The van der Waals surface area contributed by atoms with E-state index in [2.05, 4.69) is 0 Å². The second-order valence-electron chi connectivity index (χ2n) is 3.30. The van der Waals surface area contributed by atoms with Crippen LogP contribution < -0.4 is 0 Å². The fourth-order valence-electron chi connectivity index (χ4n) is 0.712. The van der Waals surface area contributed by atoms with Gasteiger partial charge in [-0.3, -0.25) is 0 Å². The molecular weight excluding hydrogens is 140 g/mol. The molecule has 0 aromatic carbocycles. The van der Waals surface area contributed by atoms with E-state index in [-0.39, 0.29) is 0 Å². The molecule has 11 heavy (non-hydrogen) atoms. The van der Waals surface area contributed by atoms with Gasteiger partial charge in [0.2, 0.25) is 0 Å². The van der Waals surface area contributed by atoms with Crippen molar-refractivity contribution in [2.45, 2.75) is 39.2 Å². The quantitative estimate of drug-likeness (QED) is 0.496. The molecule has 1 unspecified atom stereocenters. The Balaban J connectivity index is 3.71. The molecule has 0 bridgehead atoms. The number of allylic oxidation sites excluding steroid dienone is 2. The summed E-state index contributed by atoms with van der Waals surface area (Å²) in [6.45, 7) is 5.52. The normalized spacial score (nSPS) is 15.3. The summed E-state index contributed by atoms with van der Waals surface area (Å²) in [5.41, 5.74) is 0.0677. The van der Waals surface area contributed by atoms with Crippen LogP contribution in [0.15, 0.2) is 11.6 Å². The molecule has 2 nitrogen and oxygen atoms in total. The molecule has 0 amide bonds. The van der Waals surface area contributed by atoms with Gasteiger partial charge >= 0.3 is 0 Å². The Morgan fingerprint density at radius 3 is 2.45 bits per heavy atom. The van der Waals surface area contributed by atoms with Gasteiger partial charge in [0, 0.05) is 0 Å². The van der Waals surface area contributed by atoms with Gasteiger partial charge < -0.3 is 9.90 Å². The highest BCUT2D eigenvalue weighted by molar-refractivity contribution is 5.60. The number of carbonyl (C=O) groups is 1. The number of hydrogen-bond donors (Lipinski definition) is 1. The molecule has 0 aromatic heterocycles. The predicted molar refractivity (Wildman–Crippen MR) is 45.4 cm³/mol. The summed E-state index contributed by atoms with van der Waals surface area (Å²) in [6, 6.07) is 0. The average molecular weight is 156 g/mol. The zero-order valence-corrected chi connectivity index (χ0v) is 7.42. The van der Waals surface area contributed by atoms with E-state index in [1.165, 1.54) is 12.5 Å². The zero-order chi connectivity index (χ0) is 8.91. The third-order valence-corrected chi connectivity index (χ3v) is 1.46. The molecule has 0 saturated heterocycles. The number of rotatable bonds is 4. The van der Waals surface area contributed by atoms with Gasteiger partial charge in [-0.05, 0) is 33.6 Å². The van der Waals surface area contributed by atoms with Crippen molar-refractivity contribution in [2.24, 2.45) is 0 Å². The molecule has 0 spiro atoms. The first-order valence-corrected chi connectivity index (χ1v) is 3.80. The number of hydrogen-bond acceptors (Lipinski definition) is 2. The second kappa shape index (κ2) is 4.29. The van der Waals surface area contributed by atoms with Crippen LogP contribution in [0.4, 0.5) is 0 Å². The first kappa shape index (κ1) is 10.4. The molecule has 0 aliphatic heterocycles. The highest BCUT2D eigenvalue weighted by Crippen LogP contribution is 2.09. The van der Waals surface area contributed by atoms with Crippen molar-refractivity contribution in [2.75, 3.05) is 0 Å². The van der Waals surface area contributed by atoms with Gasteiger partial charge in [-0.1, -0.05) is 11.6 Å². The topological polar surface area (TPSA) is 37.3 Å². The van der Waals surface area contributed by atoms with Gasteiger partial charge in [-0.2, -0.15) is 0 Å². The highest BCUT2D eigenvalue weighted by atomic mass is 16.3. The molecule has 0 aromatic rings. The van der Waals surface area contributed by atoms with Crippen molar-refractivity contribution in [3.05, 3.63) is 11.6 Å². The predicted octanol–water partition coefficient (Wildman–Crippen LogP) is 1.68. The molecule has 0 saturated carbocycles. The van der Waals surface area contributed by atoms with Crippen LogP contribution in [0.2, 0.25) is 0 Å². The Morgan fingerprint density at radius 1 is 1.55 bits per heavy atom. The Morgan fingerprint density at radius 2 is 2.09 bits per heavy atom. The molecule has 0 aliphatic carbocycles. The Labute approximate surface area is 67.9 Å². The van der Waals surface area contributed by atoms with Gasteiger partial charge in [-0.25, -0.2) is 0 Å². The van der Waals surface area contributed by atoms with Gasteiger partial charge in [0.1, 0.15) is 5.60 Å². The van der Waals surface area contributed by atoms with Gasteiger partial charge in [0.05, 0.1) is 0 Å². The minimum Gasteiger partial charge on any atom is -0.383 e. The van der Waals surface area contributed by atoms with Crippen LogP contribution in [0.3, 0.4) is 0 Å². The molecule has 0 fully saturated rings. The number of aliphatic hydroxyl groups is 1. The lowest BCUT2D eigenvalue weighted by atomic mass is 10.0. The smallest absolute Gasteiger partial charge is 0.151 e. The third-order valence-electron chi connectivity index (χ3n) is 1.46. The molecule has 0 radical (unpaired) electrons. The second-order valence-corrected chi connectivity index (χ2v) is 3.30. The molecule has 0 rings (SSSR count). The van der Waals surface area contributed by atoms with E-state index in [0.29, 0.717) is 12.7 Å². The number of carbonyl (C=O) groups excluding carboxylic acids is 1. The SMILES string of the molecule is CC(C)=CCCC(C)(O)C=O. The monoisotopic (exact) mass is 156 g/mol. The fourth-order valence-corrected chi connectivity index (χ4v) is 0.712. The number of aldehydes is 1. The highest BCUT2D eigenvalue weighted by Gasteiger charge is 2.16. The lowest BCUT2D eigenvalue weighted by Crippen LogP contribution is -2.25. The first-order chi connectivity index (χ1) is 4.98. The van der Waals surface area contributed by atoms with Crippen molar-refractivity contribution in [3.63, 3.8) is 0 Å². The largest absolute Gasteiger partial charge is 0.383 e. The van der Waals surface area contributed by atoms with Crippen LogP contribution in [0.5, 0.6) is 0 Å². The van der Waals surface area contributed by atoms with E-state index in [1.807, 2.05) is 19.9 Å². The van der Waals surface area contributed by atoms with Gasteiger partial charge in [-0.15, -0.1) is 0 Å². The maximum absolute atomic E-state index is 10.2. The molecule has 2 heteroatoms. The molecular formula is C9H16O2. The van der Waals surface area contributed by atoms with E-state index >= 15 is 0 Å². The van der Waals surface area contributed by atoms with Crippen LogP contribution in [-0.4, -0.2) is 17.0 Å². The summed E-state index contributed by atoms with van der Waals surface area (Å²) < 4.78 is 0. The minimum atomic E-state index is -1.15. The summed E-state index contributed by atoms with van der Waals surface area (Å²) in [5.74, 6) is 0. The molecule has 1 N–H and O–H groups in total. The van der Waals surface area contributed by atoms with E-state index in [1.54, 1.807) is 0 Å².